The van der Waals surface area contributed by atoms with Crippen LogP contribution in [0.4, 0.5) is 4.39 Å². The van der Waals surface area contributed by atoms with E-state index in [0.29, 0.717) is 12.3 Å². The van der Waals surface area contributed by atoms with E-state index >= 15 is 0 Å². The van der Waals surface area contributed by atoms with Crippen LogP contribution in [0.3, 0.4) is 0 Å². The van der Waals surface area contributed by atoms with Gasteiger partial charge in [0, 0.05) is 12.7 Å². The number of ether oxygens (including phenoxy) is 1. The second kappa shape index (κ2) is 4.93. The van der Waals surface area contributed by atoms with Gasteiger partial charge in [0.05, 0.1) is 5.69 Å². The number of nitrogens with zero attached hydrogens (tertiary/aromatic N) is 1. The zero-order valence-corrected chi connectivity index (χ0v) is 9.48. The van der Waals surface area contributed by atoms with Crippen molar-refractivity contribution in [1.29, 1.82) is 0 Å². The van der Waals surface area contributed by atoms with Crippen LogP contribution < -0.4 is 10.5 Å². The number of halogens is 1. The topological polar surface area (TPSA) is 48.1 Å². The Morgan fingerprint density at radius 1 is 1.29 bits per heavy atom. The zero-order chi connectivity index (χ0) is 12.3. The summed E-state index contributed by atoms with van der Waals surface area (Å²) >= 11 is 0. The van der Waals surface area contributed by atoms with Crippen molar-refractivity contribution >= 4 is 0 Å². The monoisotopic (exact) mass is 232 g/mol. The van der Waals surface area contributed by atoms with Gasteiger partial charge in [-0.3, -0.25) is 4.98 Å². The molecule has 2 aromatic rings. The molecule has 0 fully saturated rings. The lowest BCUT2D eigenvalue weighted by Gasteiger charge is -2.09. The van der Waals surface area contributed by atoms with Gasteiger partial charge in [0.2, 0.25) is 0 Å². The summed E-state index contributed by atoms with van der Waals surface area (Å²) in [6.07, 6.45) is 1.66. The van der Waals surface area contributed by atoms with Gasteiger partial charge in [-0.1, -0.05) is 6.07 Å². The molecule has 0 aliphatic heterocycles. The van der Waals surface area contributed by atoms with Crippen molar-refractivity contribution in [3.63, 3.8) is 0 Å². The minimum absolute atomic E-state index is 0.179. The maximum absolute atomic E-state index is 13.7. The van der Waals surface area contributed by atoms with E-state index in [-0.39, 0.29) is 5.75 Å². The van der Waals surface area contributed by atoms with E-state index in [1.54, 1.807) is 30.5 Å². The SMILES string of the molecule is Cc1ncccc1Oc1ccc(CN)cc1F. The first-order chi connectivity index (χ1) is 8.20. The summed E-state index contributed by atoms with van der Waals surface area (Å²) < 4.78 is 19.1. The molecule has 88 valence electrons. The number of aromatic nitrogens is 1. The van der Waals surface area contributed by atoms with Crippen molar-refractivity contribution in [2.24, 2.45) is 5.73 Å². The van der Waals surface area contributed by atoms with Crippen LogP contribution in [0.5, 0.6) is 11.5 Å². The number of pyridine rings is 1. The third kappa shape index (κ3) is 2.60. The van der Waals surface area contributed by atoms with Crippen LogP contribution in [0.1, 0.15) is 11.3 Å². The Hall–Kier alpha value is -1.94. The van der Waals surface area contributed by atoms with Crippen LogP contribution in [0.15, 0.2) is 36.5 Å². The molecule has 0 aliphatic carbocycles. The number of nitrogens with two attached hydrogens (primary N) is 1. The highest BCUT2D eigenvalue weighted by Gasteiger charge is 2.07. The standard InChI is InChI=1S/C13H13FN2O/c1-9-12(3-2-6-16-9)17-13-5-4-10(8-15)7-11(13)14/h2-7H,8,15H2,1H3. The summed E-state index contributed by atoms with van der Waals surface area (Å²) in [5, 5.41) is 0. The van der Waals surface area contributed by atoms with Gasteiger partial charge in [-0.05, 0) is 36.8 Å². The van der Waals surface area contributed by atoms with E-state index in [4.69, 9.17) is 10.5 Å². The summed E-state index contributed by atoms with van der Waals surface area (Å²) in [5.41, 5.74) is 6.88. The van der Waals surface area contributed by atoms with Crippen LogP contribution in [0.2, 0.25) is 0 Å². The van der Waals surface area contributed by atoms with E-state index in [1.165, 1.54) is 6.07 Å². The molecule has 1 heterocycles. The molecule has 1 aromatic carbocycles. The van der Waals surface area contributed by atoms with E-state index in [1.807, 2.05) is 6.92 Å². The lowest BCUT2D eigenvalue weighted by molar-refractivity contribution is 0.437. The fourth-order valence-corrected chi connectivity index (χ4v) is 1.45. The first-order valence-corrected chi connectivity index (χ1v) is 5.28. The minimum Gasteiger partial charge on any atom is -0.452 e. The molecule has 4 heteroatoms. The van der Waals surface area contributed by atoms with Crippen molar-refractivity contribution < 1.29 is 9.13 Å². The Morgan fingerprint density at radius 3 is 2.76 bits per heavy atom. The molecule has 2 N–H and O–H groups in total. The number of hydrogen-bond donors (Lipinski definition) is 1. The van der Waals surface area contributed by atoms with Crippen LogP contribution in [0, 0.1) is 12.7 Å². The molecule has 0 amide bonds. The molecule has 0 unspecified atom stereocenters. The average Bonchev–Trinajstić information content (AvgIpc) is 2.34. The van der Waals surface area contributed by atoms with Crippen LogP contribution in [-0.4, -0.2) is 4.98 Å². The fourth-order valence-electron chi connectivity index (χ4n) is 1.45. The second-order valence-electron chi connectivity index (χ2n) is 3.66. The molecule has 0 spiro atoms. The first-order valence-electron chi connectivity index (χ1n) is 5.28. The predicted molar refractivity (Wildman–Crippen MR) is 63.3 cm³/mol. The highest BCUT2D eigenvalue weighted by atomic mass is 19.1. The van der Waals surface area contributed by atoms with Crippen LogP contribution in [-0.2, 0) is 6.54 Å². The largest absolute Gasteiger partial charge is 0.452 e. The van der Waals surface area contributed by atoms with Crippen LogP contribution in [0.25, 0.3) is 0 Å². The Balaban J connectivity index is 2.28. The second-order valence-corrected chi connectivity index (χ2v) is 3.66. The number of benzene rings is 1. The van der Waals surface area contributed by atoms with Gasteiger partial charge in [0.1, 0.15) is 5.75 Å². The normalized spacial score (nSPS) is 10.3. The molecule has 0 atom stereocenters. The summed E-state index contributed by atoms with van der Waals surface area (Å²) in [6, 6.07) is 8.18. The Bertz CT molecular complexity index is 529. The third-order valence-corrected chi connectivity index (χ3v) is 2.41. The molecular formula is C13H13FN2O. The quantitative estimate of drug-likeness (QED) is 0.885. The molecule has 17 heavy (non-hydrogen) atoms. The van der Waals surface area contributed by atoms with Gasteiger partial charge < -0.3 is 10.5 Å². The Kier molecular flexibility index (Phi) is 3.35. The van der Waals surface area contributed by atoms with E-state index < -0.39 is 5.82 Å². The number of hydrogen-bond acceptors (Lipinski definition) is 3. The maximum Gasteiger partial charge on any atom is 0.166 e. The predicted octanol–water partition coefficient (Wildman–Crippen LogP) is 2.78. The van der Waals surface area contributed by atoms with Crippen LogP contribution >= 0.6 is 0 Å². The smallest absolute Gasteiger partial charge is 0.166 e. The van der Waals surface area contributed by atoms with Gasteiger partial charge in [-0.2, -0.15) is 0 Å². The third-order valence-electron chi connectivity index (χ3n) is 2.41. The van der Waals surface area contributed by atoms with Crippen molar-refractivity contribution in [2.45, 2.75) is 13.5 Å². The Labute approximate surface area is 99.1 Å². The summed E-state index contributed by atoms with van der Waals surface area (Å²) in [5.74, 6) is 0.307. The minimum atomic E-state index is -0.420. The molecule has 0 aliphatic rings. The summed E-state index contributed by atoms with van der Waals surface area (Å²) in [4.78, 5) is 4.07. The molecule has 0 saturated carbocycles. The highest BCUT2D eigenvalue weighted by molar-refractivity contribution is 5.35. The lowest BCUT2D eigenvalue weighted by Crippen LogP contribution is -1.98. The summed E-state index contributed by atoms with van der Waals surface area (Å²) in [7, 11) is 0. The first kappa shape index (κ1) is 11.5. The molecular weight excluding hydrogens is 219 g/mol. The average molecular weight is 232 g/mol. The molecule has 3 nitrogen and oxygen atoms in total. The molecule has 0 bridgehead atoms. The van der Waals surface area contributed by atoms with E-state index in [0.717, 1.165) is 11.3 Å². The summed E-state index contributed by atoms with van der Waals surface area (Å²) in [6.45, 7) is 2.12. The number of aryl methyl sites for hydroxylation is 1. The van der Waals surface area contributed by atoms with Gasteiger partial charge in [0.15, 0.2) is 11.6 Å². The van der Waals surface area contributed by atoms with Gasteiger partial charge in [-0.15, -0.1) is 0 Å². The van der Waals surface area contributed by atoms with Crippen molar-refractivity contribution in [3.8, 4) is 11.5 Å². The number of rotatable bonds is 3. The van der Waals surface area contributed by atoms with Gasteiger partial charge in [-0.25, -0.2) is 4.39 Å². The zero-order valence-electron chi connectivity index (χ0n) is 9.48. The lowest BCUT2D eigenvalue weighted by atomic mass is 10.2. The van der Waals surface area contributed by atoms with Crippen molar-refractivity contribution in [1.82, 2.24) is 4.98 Å². The van der Waals surface area contributed by atoms with Crippen molar-refractivity contribution in [3.05, 3.63) is 53.6 Å². The molecule has 0 radical (unpaired) electrons. The molecule has 2 rings (SSSR count). The van der Waals surface area contributed by atoms with Gasteiger partial charge in [0.25, 0.3) is 0 Å². The molecule has 0 saturated heterocycles. The highest BCUT2D eigenvalue weighted by Crippen LogP contribution is 2.26. The van der Waals surface area contributed by atoms with Gasteiger partial charge >= 0.3 is 0 Å². The Morgan fingerprint density at radius 2 is 2.12 bits per heavy atom. The molecule has 1 aromatic heterocycles. The fraction of sp³-hybridized carbons (Fsp3) is 0.154. The van der Waals surface area contributed by atoms with E-state index in [2.05, 4.69) is 4.98 Å². The maximum atomic E-state index is 13.7. The van der Waals surface area contributed by atoms with E-state index in [9.17, 15) is 4.39 Å². The van der Waals surface area contributed by atoms with Crippen molar-refractivity contribution in [2.75, 3.05) is 0 Å².